The summed E-state index contributed by atoms with van der Waals surface area (Å²) >= 11 is 0. The van der Waals surface area contributed by atoms with E-state index in [-0.39, 0.29) is 5.57 Å². The molecule has 0 radical (unpaired) electrons. The van der Waals surface area contributed by atoms with Crippen LogP contribution in [-0.2, 0) is 4.79 Å². The minimum atomic E-state index is -0.941. The van der Waals surface area contributed by atoms with Crippen LogP contribution < -0.4 is 0 Å². The molecule has 1 aromatic carbocycles. The predicted molar refractivity (Wildman–Crippen MR) is 75.1 cm³/mol. The Morgan fingerprint density at radius 1 is 1.22 bits per heavy atom. The second-order valence-electron chi connectivity index (χ2n) is 3.74. The Labute approximate surface area is 107 Å². The minimum Gasteiger partial charge on any atom is -0.478 e. The molecule has 0 aliphatic heterocycles. The van der Waals surface area contributed by atoms with E-state index in [2.05, 4.69) is 6.58 Å². The van der Waals surface area contributed by atoms with Crippen LogP contribution >= 0.6 is 0 Å². The standard InChI is InChI=1S/C16H16O2/c1-3-4-10-15(16(17)18)13(2)11-12-14-8-6-5-7-9-14/h3-12H,1H2,2H3,(H,17,18). The van der Waals surface area contributed by atoms with Gasteiger partial charge in [-0.1, -0.05) is 61.2 Å². The van der Waals surface area contributed by atoms with Gasteiger partial charge in [-0.25, -0.2) is 4.79 Å². The average Bonchev–Trinajstić information content (AvgIpc) is 2.37. The van der Waals surface area contributed by atoms with Crippen LogP contribution in [0.2, 0.25) is 0 Å². The molecule has 0 bridgehead atoms. The van der Waals surface area contributed by atoms with Crippen molar-refractivity contribution in [3.63, 3.8) is 0 Å². The zero-order valence-electron chi connectivity index (χ0n) is 10.3. The topological polar surface area (TPSA) is 37.3 Å². The first-order chi connectivity index (χ1) is 8.65. The van der Waals surface area contributed by atoms with Crippen LogP contribution in [0, 0.1) is 0 Å². The number of carbonyl (C=O) groups is 1. The Balaban J connectivity index is 2.98. The summed E-state index contributed by atoms with van der Waals surface area (Å²) in [7, 11) is 0. The van der Waals surface area contributed by atoms with Gasteiger partial charge in [0, 0.05) is 0 Å². The van der Waals surface area contributed by atoms with Crippen LogP contribution in [0.4, 0.5) is 0 Å². The Bertz CT molecular complexity index is 505. The van der Waals surface area contributed by atoms with Gasteiger partial charge in [0.05, 0.1) is 5.57 Å². The van der Waals surface area contributed by atoms with Crippen molar-refractivity contribution in [3.05, 3.63) is 77.9 Å². The maximum absolute atomic E-state index is 11.1. The van der Waals surface area contributed by atoms with Crippen molar-refractivity contribution in [1.29, 1.82) is 0 Å². The third kappa shape index (κ3) is 4.26. The van der Waals surface area contributed by atoms with E-state index in [0.717, 1.165) is 5.56 Å². The fourth-order valence-electron chi connectivity index (χ4n) is 1.41. The molecule has 1 aromatic rings. The minimum absolute atomic E-state index is 0.266. The number of allylic oxidation sites excluding steroid dienone is 4. The first kappa shape index (κ1) is 13.7. The molecule has 0 amide bonds. The third-order valence-electron chi connectivity index (χ3n) is 2.38. The van der Waals surface area contributed by atoms with Gasteiger partial charge in [0.1, 0.15) is 0 Å². The highest BCUT2D eigenvalue weighted by Gasteiger charge is 2.05. The third-order valence-corrected chi connectivity index (χ3v) is 2.38. The molecule has 2 nitrogen and oxygen atoms in total. The second kappa shape index (κ2) is 7.07. The first-order valence-electron chi connectivity index (χ1n) is 5.61. The fourth-order valence-corrected chi connectivity index (χ4v) is 1.41. The molecule has 0 unspecified atom stereocenters. The number of benzene rings is 1. The summed E-state index contributed by atoms with van der Waals surface area (Å²) < 4.78 is 0. The summed E-state index contributed by atoms with van der Waals surface area (Å²) in [5.41, 5.74) is 2.00. The van der Waals surface area contributed by atoms with Gasteiger partial charge in [-0.05, 0) is 24.1 Å². The normalized spacial score (nSPS) is 12.7. The van der Waals surface area contributed by atoms with E-state index in [1.807, 2.05) is 36.4 Å². The SMILES string of the molecule is C=CC=CC(C(=O)O)=C(C)C=Cc1ccccc1. The molecule has 0 spiro atoms. The van der Waals surface area contributed by atoms with E-state index in [1.54, 1.807) is 31.2 Å². The number of carboxylic acid groups (broad SMARTS) is 1. The van der Waals surface area contributed by atoms with Gasteiger partial charge < -0.3 is 5.11 Å². The van der Waals surface area contributed by atoms with E-state index in [1.165, 1.54) is 0 Å². The maximum atomic E-state index is 11.1. The zero-order valence-corrected chi connectivity index (χ0v) is 10.3. The molecule has 92 valence electrons. The zero-order chi connectivity index (χ0) is 13.4. The molecule has 0 heterocycles. The summed E-state index contributed by atoms with van der Waals surface area (Å²) in [5, 5.41) is 9.09. The highest BCUT2D eigenvalue weighted by molar-refractivity contribution is 5.91. The molecule has 1 rings (SSSR count). The maximum Gasteiger partial charge on any atom is 0.335 e. The van der Waals surface area contributed by atoms with E-state index >= 15 is 0 Å². The molecular formula is C16H16O2. The number of hydrogen-bond donors (Lipinski definition) is 1. The number of carboxylic acids is 1. The second-order valence-corrected chi connectivity index (χ2v) is 3.74. The highest BCUT2D eigenvalue weighted by atomic mass is 16.4. The lowest BCUT2D eigenvalue weighted by atomic mass is 10.1. The Morgan fingerprint density at radius 3 is 2.44 bits per heavy atom. The van der Waals surface area contributed by atoms with Crippen LogP contribution in [0.25, 0.3) is 6.08 Å². The van der Waals surface area contributed by atoms with Crippen molar-refractivity contribution >= 4 is 12.0 Å². The van der Waals surface area contributed by atoms with Crippen LogP contribution in [-0.4, -0.2) is 11.1 Å². The van der Waals surface area contributed by atoms with E-state index < -0.39 is 5.97 Å². The quantitative estimate of drug-likeness (QED) is 0.627. The summed E-state index contributed by atoms with van der Waals surface area (Å²) in [4.78, 5) is 11.1. The van der Waals surface area contributed by atoms with Crippen molar-refractivity contribution < 1.29 is 9.90 Å². The molecule has 1 N–H and O–H groups in total. The molecule has 0 saturated heterocycles. The Kier molecular flexibility index (Phi) is 5.39. The lowest BCUT2D eigenvalue weighted by Gasteiger charge is -1.99. The summed E-state index contributed by atoms with van der Waals surface area (Å²) in [5.74, 6) is -0.941. The van der Waals surface area contributed by atoms with Crippen molar-refractivity contribution in [3.8, 4) is 0 Å². The number of aliphatic carboxylic acids is 1. The monoisotopic (exact) mass is 240 g/mol. The van der Waals surface area contributed by atoms with Gasteiger partial charge >= 0.3 is 5.97 Å². The smallest absolute Gasteiger partial charge is 0.335 e. The lowest BCUT2D eigenvalue weighted by molar-refractivity contribution is -0.132. The number of hydrogen-bond acceptors (Lipinski definition) is 1. The Morgan fingerprint density at radius 2 is 1.89 bits per heavy atom. The van der Waals surface area contributed by atoms with Crippen molar-refractivity contribution in [2.24, 2.45) is 0 Å². The molecule has 2 heteroatoms. The summed E-state index contributed by atoms with van der Waals surface area (Å²) in [6.07, 6.45) is 8.40. The van der Waals surface area contributed by atoms with Crippen LogP contribution in [0.15, 0.2) is 72.4 Å². The van der Waals surface area contributed by atoms with Gasteiger partial charge in [-0.15, -0.1) is 0 Å². The molecular weight excluding hydrogens is 224 g/mol. The van der Waals surface area contributed by atoms with E-state index in [9.17, 15) is 4.79 Å². The molecule has 0 aliphatic rings. The van der Waals surface area contributed by atoms with Crippen LogP contribution in [0.3, 0.4) is 0 Å². The lowest BCUT2D eigenvalue weighted by Crippen LogP contribution is -1.99. The molecule has 0 fully saturated rings. The highest BCUT2D eigenvalue weighted by Crippen LogP contribution is 2.11. The molecule has 18 heavy (non-hydrogen) atoms. The fraction of sp³-hybridized carbons (Fsp3) is 0.0625. The number of rotatable bonds is 5. The van der Waals surface area contributed by atoms with Crippen LogP contribution in [0.5, 0.6) is 0 Å². The first-order valence-corrected chi connectivity index (χ1v) is 5.61. The molecule has 0 saturated carbocycles. The van der Waals surface area contributed by atoms with Crippen LogP contribution in [0.1, 0.15) is 12.5 Å². The molecule has 0 aliphatic carbocycles. The largest absolute Gasteiger partial charge is 0.478 e. The van der Waals surface area contributed by atoms with Gasteiger partial charge in [-0.2, -0.15) is 0 Å². The van der Waals surface area contributed by atoms with E-state index in [0.29, 0.717) is 5.57 Å². The van der Waals surface area contributed by atoms with Gasteiger partial charge in [-0.3, -0.25) is 0 Å². The van der Waals surface area contributed by atoms with Gasteiger partial charge in [0.2, 0.25) is 0 Å². The van der Waals surface area contributed by atoms with Crippen molar-refractivity contribution in [1.82, 2.24) is 0 Å². The molecule has 0 atom stereocenters. The van der Waals surface area contributed by atoms with Gasteiger partial charge in [0.25, 0.3) is 0 Å². The van der Waals surface area contributed by atoms with Gasteiger partial charge in [0.15, 0.2) is 0 Å². The van der Waals surface area contributed by atoms with E-state index in [4.69, 9.17) is 5.11 Å². The summed E-state index contributed by atoms with van der Waals surface area (Å²) in [6.45, 7) is 5.30. The average molecular weight is 240 g/mol. The summed E-state index contributed by atoms with van der Waals surface area (Å²) in [6, 6.07) is 9.74. The Hall–Kier alpha value is -2.35. The predicted octanol–water partition coefficient (Wildman–Crippen LogP) is 3.84. The van der Waals surface area contributed by atoms with Crippen molar-refractivity contribution in [2.75, 3.05) is 0 Å². The van der Waals surface area contributed by atoms with Crippen molar-refractivity contribution in [2.45, 2.75) is 6.92 Å². The molecule has 0 aromatic heterocycles.